The molecular weight excluding hydrogens is 360 g/mol. The summed E-state index contributed by atoms with van der Waals surface area (Å²) < 4.78 is 0. The Morgan fingerprint density at radius 3 is 2.43 bits per heavy atom. The molecule has 152 valence electrons. The number of rotatable bonds is 9. The Kier molecular flexibility index (Phi) is 7.17. The lowest BCUT2D eigenvalue weighted by Gasteiger charge is -2.21. The molecule has 1 aromatic carbocycles. The summed E-state index contributed by atoms with van der Waals surface area (Å²) in [6.07, 6.45) is 2.44. The zero-order valence-electron chi connectivity index (χ0n) is 16.4. The van der Waals surface area contributed by atoms with E-state index in [-0.39, 0.29) is 5.92 Å². The molecular formula is C20H28N4O4. The number of hydrogen-bond donors (Lipinski definition) is 5. The fourth-order valence-corrected chi connectivity index (χ4v) is 3.01. The summed E-state index contributed by atoms with van der Waals surface area (Å²) in [7, 11) is 0. The van der Waals surface area contributed by atoms with Gasteiger partial charge in [0, 0.05) is 17.1 Å². The predicted molar refractivity (Wildman–Crippen MR) is 107 cm³/mol. The summed E-state index contributed by atoms with van der Waals surface area (Å²) >= 11 is 0. The Bertz CT molecular complexity index is 846. The minimum Gasteiger partial charge on any atom is -0.480 e. The number of aliphatic carboxylic acids is 1. The number of fused-ring (bicyclic) bond motifs is 1. The van der Waals surface area contributed by atoms with Crippen LogP contribution in [0, 0.1) is 5.92 Å². The smallest absolute Gasteiger partial charge is 0.326 e. The van der Waals surface area contributed by atoms with E-state index < -0.39 is 35.9 Å². The SMILES string of the molecule is CC(C)C[C@H](NC(=O)[C@H](C)NC(=O)[C@@H](N)Cc1c[nH]c2ccccc12)C(=O)O. The Morgan fingerprint density at radius 1 is 1.11 bits per heavy atom. The second kappa shape index (κ2) is 9.36. The molecule has 1 heterocycles. The van der Waals surface area contributed by atoms with Gasteiger partial charge in [-0.05, 0) is 37.3 Å². The molecule has 8 nitrogen and oxygen atoms in total. The van der Waals surface area contributed by atoms with Gasteiger partial charge in [0.2, 0.25) is 11.8 Å². The van der Waals surface area contributed by atoms with E-state index in [9.17, 15) is 19.5 Å². The van der Waals surface area contributed by atoms with Crippen LogP contribution in [0.3, 0.4) is 0 Å². The van der Waals surface area contributed by atoms with E-state index in [0.717, 1.165) is 16.5 Å². The molecule has 0 fully saturated rings. The first kappa shape index (κ1) is 21.4. The number of benzene rings is 1. The number of carboxylic acid groups (broad SMARTS) is 1. The highest BCUT2D eigenvalue weighted by molar-refractivity contribution is 5.92. The monoisotopic (exact) mass is 388 g/mol. The Morgan fingerprint density at radius 2 is 1.79 bits per heavy atom. The minimum atomic E-state index is -1.10. The van der Waals surface area contributed by atoms with Crippen molar-refractivity contribution in [1.29, 1.82) is 0 Å². The van der Waals surface area contributed by atoms with Crippen molar-refractivity contribution in [1.82, 2.24) is 15.6 Å². The molecule has 0 aliphatic carbocycles. The minimum absolute atomic E-state index is 0.107. The Labute approximate surface area is 163 Å². The fraction of sp³-hybridized carbons (Fsp3) is 0.450. The van der Waals surface area contributed by atoms with Gasteiger partial charge >= 0.3 is 5.97 Å². The van der Waals surface area contributed by atoms with Gasteiger partial charge in [0.1, 0.15) is 12.1 Å². The van der Waals surface area contributed by atoms with Crippen molar-refractivity contribution in [3.63, 3.8) is 0 Å². The van der Waals surface area contributed by atoms with Crippen molar-refractivity contribution in [3.8, 4) is 0 Å². The van der Waals surface area contributed by atoms with Crippen molar-refractivity contribution in [2.24, 2.45) is 11.7 Å². The van der Waals surface area contributed by atoms with Crippen LogP contribution >= 0.6 is 0 Å². The molecule has 0 radical (unpaired) electrons. The van der Waals surface area contributed by atoms with E-state index in [1.54, 1.807) is 0 Å². The van der Waals surface area contributed by atoms with Crippen LogP contribution in [0.4, 0.5) is 0 Å². The van der Waals surface area contributed by atoms with Crippen LogP contribution in [-0.2, 0) is 20.8 Å². The van der Waals surface area contributed by atoms with Crippen LogP contribution in [0.25, 0.3) is 10.9 Å². The first-order chi connectivity index (χ1) is 13.2. The molecule has 8 heteroatoms. The lowest BCUT2D eigenvalue weighted by molar-refractivity contribution is -0.142. The Balaban J connectivity index is 1.93. The summed E-state index contributed by atoms with van der Waals surface area (Å²) in [6, 6.07) is 4.99. The number of nitrogens with one attached hydrogen (secondary N) is 3. The third-order valence-electron chi connectivity index (χ3n) is 4.53. The topological polar surface area (TPSA) is 137 Å². The molecule has 0 saturated carbocycles. The molecule has 6 N–H and O–H groups in total. The van der Waals surface area contributed by atoms with E-state index in [1.807, 2.05) is 44.3 Å². The average Bonchev–Trinajstić information content (AvgIpc) is 3.03. The van der Waals surface area contributed by atoms with Crippen LogP contribution < -0.4 is 16.4 Å². The molecule has 2 aromatic rings. The molecule has 0 aliphatic heterocycles. The van der Waals surface area contributed by atoms with Crippen LogP contribution in [0.2, 0.25) is 0 Å². The number of para-hydroxylation sites is 1. The van der Waals surface area contributed by atoms with Crippen molar-refractivity contribution in [2.75, 3.05) is 0 Å². The highest BCUT2D eigenvalue weighted by Crippen LogP contribution is 2.18. The van der Waals surface area contributed by atoms with Gasteiger partial charge < -0.3 is 26.5 Å². The number of carbonyl (C=O) groups is 3. The number of nitrogens with two attached hydrogens (primary N) is 1. The second-order valence-electron chi connectivity index (χ2n) is 7.43. The van der Waals surface area contributed by atoms with Gasteiger partial charge in [-0.2, -0.15) is 0 Å². The maximum Gasteiger partial charge on any atom is 0.326 e. The molecule has 0 unspecified atom stereocenters. The first-order valence-electron chi connectivity index (χ1n) is 9.33. The molecule has 2 rings (SSSR count). The predicted octanol–water partition coefficient (Wildman–Crippen LogP) is 1.16. The quantitative estimate of drug-likeness (QED) is 0.439. The summed E-state index contributed by atoms with van der Waals surface area (Å²) in [4.78, 5) is 39.0. The summed E-state index contributed by atoms with van der Waals surface area (Å²) in [5, 5.41) is 15.2. The maximum atomic E-state index is 12.4. The third-order valence-corrected chi connectivity index (χ3v) is 4.53. The lowest BCUT2D eigenvalue weighted by atomic mass is 10.0. The van der Waals surface area contributed by atoms with Gasteiger partial charge in [-0.25, -0.2) is 4.79 Å². The van der Waals surface area contributed by atoms with E-state index in [2.05, 4.69) is 15.6 Å². The van der Waals surface area contributed by atoms with Crippen LogP contribution in [0.1, 0.15) is 32.8 Å². The lowest BCUT2D eigenvalue weighted by Crippen LogP contribution is -2.53. The van der Waals surface area contributed by atoms with Crippen molar-refractivity contribution < 1.29 is 19.5 Å². The second-order valence-corrected chi connectivity index (χ2v) is 7.43. The number of aromatic nitrogens is 1. The summed E-state index contributed by atoms with van der Waals surface area (Å²) in [5.41, 5.74) is 7.89. The van der Waals surface area contributed by atoms with Crippen molar-refractivity contribution >= 4 is 28.7 Å². The highest BCUT2D eigenvalue weighted by Gasteiger charge is 2.26. The van der Waals surface area contributed by atoms with Gasteiger partial charge in [0.25, 0.3) is 0 Å². The standard InChI is InChI=1S/C20H28N4O4/c1-11(2)8-17(20(27)28)24-18(25)12(3)23-19(26)15(21)9-13-10-22-16-7-5-4-6-14(13)16/h4-7,10-12,15,17,22H,8-9,21H2,1-3H3,(H,23,26)(H,24,25)(H,27,28)/t12-,15-,17-/m0/s1. The zero-order valence-corrected chi connectivity index (χ0v) is 16.4. The van der Waals surface area contributed by atoms with Gasteiger partial charge in [0.05, 0.1) is 6.04 Å². The highest BCUT2D eigenvalue weighted by atomic mass is 16.4. The molecule has 0 bridgehead atoms. The van der Waals surface area contributed by atoms with Gasteiger partial charge in [-0.1, -0.05) is 32.0 Å². The normalized spacial score (nSPS) is 14.5. The fourth-order valence-electron chi connectivity index (χ4n) is 3.01. The van der Waals surface area contributed by atoms with Crippen molar-refractivity contribution in [2.45, 2.75) is 51.7 Å². The maximum absolute atomic E-state index is 12.4. The molecule has 0 spiro atoms. The molecule has 2 amide bonds. The zero-order chi connectivity index (χ0) is 20.8. The van der Waals surface area contributed by atoms with E-state index >= 15 is 0 Å². The molecule has 28 heavy (non-hydrogen) atoms. The molecule has 3 atom stereocenters. The Hall–Kier alpha value is -2.87. The largest absolute Gasteiger partial charge is 0.480 e. The molecule has 0 saturated heterocycles. The van der Waals surface area contributed by atoms with Gasteiger partial charge in [-0.15, -0.1) is 0 Å². The molecule has 1 aromatic heterocycles. The number of hydrogen-bond acceptors (Lipinski definition) is 4. The van der Waals surface area contributed by atoms with E-state index in [0.29, 0.717) is 12.8 Å². The summed E-state index contributed by atoms with van der Waals surface area (Å²) in [5.74, 6) is -2.02. The van der Waals surface area contributed by atoms with Crippen molar-refractivity contribution in [3.05, 3.63) is 36.0 Å². The third kappa shape index (κ3) is 5.56. The first-order valence-corrected chi connectivity index (χ1v) is 9.33. The van der Waals surface area contributed by atoms with E-state index in [4.69, 9.17) is 5.73 Å². The number of aromatic amines is 1. The summed E-state index contributed by atoms with van der Waals surface area (Å²) in [6.45, 7) is 5.24. The average molecular weight is 388 g/mol. The van der Waals surface area contributed by atoms with E-state index in [1.165, 1.54) is 6.92 Å². The number of carbonyl (C=O) groups excluding carboxylic acids is 2. The van der Waals surface area contributed by atoms with Gasteiger partial charge in [0.15, 0.2) is 0 Å². The number of H-pyrrole nitrogens is 1. The van der Waals surface area contributed by atoms with Crippen LogP contribution in [0.15, 0.2) is 30.5 Å². The van der Waals surface area contributed by atoms with Gasteiger partial charge in [-0.3, -0.25) is 9.59 Å². The number of carboxylic acids is 1. The molecule has 0 aliphatic rings. The number of amides is 2. The van der Waals surface area contributed by atoms with Crippen LogP contribution in [0.5, 0.6) is 0 Å². The van der Waals surface area contributed by atoms with Crippen LogP contribution in [-0.4, -0.2) is 46.0 Å².